The number of hydroxylamine groups is 1. The van der Waals surface area contributed by atoms with E-state index < -0.39 is 0 Å². The molecule has 0 fully saturated rings. The van der Waals surface area contributed by atoms with E-state index in [1.165, 1.54) is 5.06 Å². The van der Waals surface area contributed by atoms with Crippen LogP contribution >= 0.6 is 0 Å². The summed E-state index contributed by atoms with van der Waals surface area (Å²) in [7, 11) is 0. The summed E-state index contributed by atoms with van der Waals surface area (Å²) in [5, 5.41) is 12.5. The normalized spacial score (nSPS) is 10.7. The SMILES string of the molecule is ON(Cc1c[nH]c2ccccc12)c1ccccc1. The zero-order chi connectivity index (χ0) is 12.4. The number of hydrogen-bond donors (Lipinski definition) is 2. The van der Waals surface area contributed by atoms with Crippen LogP contribution in [0.1, 0.15) is 5.56 Å². The Morgan fingerprint density at radius 1 is 0.944 bits per heavy atom. The van der Waals surface area contributed by atoms with Gasteiger partial charge in [0.2, 0.25) is 0 Å². The molecule has 0 atom stereocenters. The van der Waals surface area contributed by atoms with Crippen LogP contribution in [0.15, 0.2) is 60.8 Å². The molecule has 2 aromatic carbocycles. The molecule has 0 radical (unpaired) electrons. The summed E-state index contributed by atoms with van der Waals surface area (Å²) in [6, 6.07) is 17.6. The van der Waals surface area contributed by atoms with Gasteiger partial charge in [0, 0.05) is 17.1 Å². The smallest absolute Gasteiger partial charge is 0.0724 e. The molecule has 0 aliphatic rings. The van der Waals surface area contributed by atoms with E-state index in [-0.39, 0.29) is 0 Å². The van der Waals surface area contributed by atoms with E-state index in [1.807, 2.05) is 54.7 Å². The molecule has 0 saturated heterocycles. The largest absolute Gasteiger partial charge is 0.361 e. The average molecular weight is 238 g/mol. The quantitative estimate of drug-likeness (QED) is 0.685. The van der Waals surface area contributed by atoms with Gasteiger partial charge in [0.1, 0.15) is 0 Å². The van der Waals surface area contributed by atoms with Gasteiger partial charge in [-0.2, -0.15) is 0 Å². The van der Waals surface area contributed by atoms with E-state index in [1.54, 1.807) is 0 Å². The zero-order valence-corrected chi connectivity index (χ0v) is 9.88. The third-order valence-electron chi connectivity index (χ3n) is 3.05. The molecule has 0 unspecified atom stereocenters. The van der Waals surface area contributed by atoms with Crippen molar-refractivity contribution in [2.24, 2.45) is 0 Å². The first-order chi connectivity index (χ1) is 8.84. The van der Waals surface area contributed by atoms with Crippen molar-refractivity contribution in [1.82, 2.24) is 4.98 Å². The first kappa shape index (κ1) is 10.9. The molecule has 3 rings (SSSR count). The molecule has 1 heterocycles. The second kappa shape index (κ2) is 4.55. The van der Waals surface area contributed by atoms with Gasteiger partial charge in [0.15, 0.2) is 0 Å². The third-order valence-corrected chi connectivity index (χ3v) is 3.05. The maximum absolute atomic E-state index is 10.1. The number of hydrogen-bond acceptors (Lipinski definition) is 2. The second-order valence-corrected chi connectivity index (χ2v) is 4.25. The van der Waals surface area contributed by atoms with Crippen LogP contribution in [-0.2, 0) is 6.54 Å². The Bertz CT molecular complexity index is 646. The summed E-state index contributed by atoms with van der Waals surface area (Å²) in [6.07, 6.45) is 1.94. The molecular formula is C15H14N2O. The molecule has 90 valence electrons. The van der Waals surface area contributed by atoms with Gasteiger partial charge in [-0.25, -0.2) is 0 Å². The van der Waals surface area contributed by atoms with Crippen LogP contribution in [0.2, 0.25) is 0 Å². The highest BCUT2D eigenvalue weighted by molar-refractivity contribution is 5.83. The van der Waals surface area contributed by atoms with Gasteiger partial charge in [-0.1, -0.05) is 36.4 Å². The second-order valence-electron chi connectivity index (χ2n) is 4.25. The van der Waals surface area contributed by atoms with Crippen molar-refractivity contribution in [2.75, 3.05) is 5.06 Å². The minimum absolute atomic E-state index is 0.466. The summed E-state index contributed by atoms with van der Waals surface area (Å²) in [4.78, 5) is 3.21. The minimum atomic E-state index is 0.466. The lowest BCUT2D eigenvalue weighted by molar-refractivity contribution is 0.250. The summed E-state index contributed by atoms with van der Waals surface area (Å²) in [5.41, 5.74) is 2.97. The highest BCUT2D eigenvalue weighted by atomic mass is 16.5. The predicted molar refractivity (Wildman–Crippen MR) is 72.7 cm³/mol. The molecular weight excluding hydrogens is 224 g/mol. The highest BCUT2D eigenvalue weighted by Gasteiger charge is 2.07. The van der Waals surface area contributed by atoms with Gasteiger partial charge in [-0.05, 0) is 23.8 Å². The number of benzene rings is 2. The first-order valence-corrected chi connectivity index (χ1v) is 5.91. The summed E-state index contributed by atoms with van der Waals surface area (Å²) in [6.45, 7) is 0.466. The van der Waals surface area contributed by atoms with Crippen molar-refractivity contribution in [3.63, 3.8) is 0 Å². The van der Waals surface area contributed by atoms with Crippen LogP contribution < -0.4 is 5.06 Å². The molecule has 0 spiro atoms. The number of nitrogens with zero attached hydrogens (tertiary/aromatic N) is 1. The molecule has 0 aliphatic heterocycles. The first-order valence-electron chi connectivity index (χ1n) is 5.91. The number of aromatic nitrogens is 1. The van der Waals surface area contributed by atoms with E-state index in [4.69, 9.17) is 0 Å². The number of para-hydroxylation sites is 2. The van der Waals surface area contributed by atoms with Crippen LogP contribution in [0, 0.1) is 0 Å². The maximum atomic E-state index is 10.1. The maximum Gasteiger partial charge on any atom is 0.0724 e. The Labute approximate surface area is 105 Å². The summed E-state index contributed by atoms with van der Waals surface area (Å²) in [5.74, 6) is 0. The van der Waals surface area contributed by atoms with Crippen LogP contribution in [0.4, 0.5) is 5.69 Å². The van der Waals surface area contributed by atoms with Gasteiger partial charge in [-0.3, -0.25) is 10.3 Å². The van der Waals surface area contributed by atoms with Crippen LogP contribution in [0.3, 0.4) is 0 Å². The molecule has 3 heteroatoms. The molecule has 18 heavy (non-hydrogen) atoms. The standard InChI is InChI=1S/C15H14N2O/c18-17(13-6-2-1-3-7-13)11-12-10-16-15-9-5-4-8-14(12)15/h1-10,16,18H,11H2. The molecule has 0 saturated carbocycles. The predicted octanol–water partition coefficient (Wildman–Crippen LogP) is 3.56. The van der Waals surface area contributed by atoms with Crippen molar-refractivity contribution in [2.45, 2.75) is 6.54 Å². The van der Waals surface area contributed by atoms with Crippen molar-refractivity contribution >= 4 is 16.6 Å². The Balaban J connectivity index is 1.89. The molecule has 2 N–H and O–H groups in total. The Kier molecular flexibility index (Phi) is 2.74. The summed E-state index contributed by atoms with van der Waals surface area (Å²) < 4.78 is 0. The van der Waals surface area contributed by atoms with E-state index >= 15 is 0 Å². The van der Waals surface area contributed by atoms with Crippen molar-refractivity contribution in [1.29, 1.82) is 0 Å². The Morgan fingerprint density at radius 3 is 2.50 bits per heavy atom. The lowest BCUT2D eigenvalue weighted by Crippen LogP contribution is -2.16. The number of H-pyrrole nitrogens is 1. The number of fused-ring (bicyclic) bond motifs is 1. The monoisotopic (exact) mass is 238 g/mol. The molecule has 3 aromatic rings. The van der Waals surface area contributed by atoms with Gasteiger partial charge in [0.05, 0.1) is 12.2 Å². The minimum Gasteiger partial charge on any atom is -0.361 e. The topological polar surface area (TPSA) is 39.3 Å². The van der Waals surface area contributed by atoms with Gasteiger partial charge < -0.3 is 4.98 Å². The molecule has 0 amide bonds. The Hall–Kier alpha value is -2.26. The number of rotatable bonds is 3. The van der Waals surface area contributed by atoms with E-state index in [0.717, 1.165) is 22.2 Å². The van der Waals surface area contributed by atoms with Crippen LogP contribution in [0.25, 0.3) is 10.9 Å². The third kappa shape index (κ3) is 1.96. The fourth-order valence-electron chi connectivity index (χ4n) is 2.12. The van der Waals surface area contributed by atoms with E-state index in [9.17, 15) is 5.21 Å². The number of anilines is 1. The molecule has 0 bridgehead atoms. The lowest BCUT2D eigenvalue weighted by atomic mass is 10.1. The number of nitrogens with one attached hydrogen (secondary N) is 1. The van der Waals surface area contributed by atoms with E-state index in [0.29, 0.717) is 6.54 Å². The highest BCUT2D eigenvalue weighted by Crippen LogP contribution is 2.21. The van der Waals surface area contributed by atoms with Gasteiger partial charge in [-0.15, -0.1) is 0 Å². The summed E-state index contributed by atoms with van der Waals surface area (Å²) >= 11 is 0. The molecule has 3 nitrogen and oxygen atoms in total. The average Bonchev–Trinajstić information content (AvgIpc) is 2.83. The number of aromatic amines is 1. The van der Waals surface area contributed by atoms with Gasteiger partial charge >= 0.3 is 0 Å². The van der Waals surface area contributed by atoms with Crippen LogP contribution in [0.5, 0.6) is 0 Å². The van der Waals surface area contributed by atoms with Crippen molar-refractivity contribution < 1.29 is 5.21 Å². The zero-order valence-electron chi connectivity index (χ0n) is 9.88. The fourth-order valence-corrected chi connectivity index (χ4v) is 2.12. The molecule has 0 aliphatic carbocycles. The van der Waals surface area contributed by atoms with Gasteiger partial charge in [0.25, 0.3) is 0 Å². The lowest BCUT2D eigenvalue weighted by Gasteiger charge is -2.16. The molecule has 1 aromatic heterocycles. The Morgan fingerprint density at radius 2 is 1.67 bits per heavy atom. The fraction of sp³-hybridized carbons (Fsp3) is 0.0667. The van der Waals surface area contributed by atoms with Crippen molar-refractivity contribution in [3.8, 4) is 0 Å². The van der Waals surface area contributed by atoms with Crippen LogP contribution in [-0.4, -0.2) is 10.2 Å². The van der Waals surface area contributed by atoms with Crippen molar-refractivity contribution in [3.05, 3.63) is 66.4 Å². The van der Waals surface area contributed by atoms with E-state index in [2.05, 4.69) is 11.1 Å².